The molecule has 1 N–H and O–H groups in total. The monoisotopic (exact) mass is 647 g/mol. The van der Waals surface area contributed by atoms with Gasteiger partial charge in [-0.25, -0.2) is 14.4 Å². The van der Waals surface area contributed by atoms with Gasteiger partial charge in [-0.2, -0.15) is 0 Å². The molecule has 47 heavy (non-hydrogen) atoms. The average molecular weight is 648 g/mol. The van der Waals surface area contributed by atoms with Crippen molar-refractivity contribution in [3.8, 4) is 0 Å². The molecule has 0 atom stereocenters. The first-order valence-corrected chi connectivity index (χ1v) is 16.0. The lowest BCUT2D eigenvalue weighted by Gasteiger charge is -2.24. The number of hydrogen-bond acceptors (Lipinski definition) is 8. The zero-order valence-corrected chi connectivity index (χ0v) is 27.0. The number of hydrogen-bond donors (Lipinski definition) is 1. The van der Waals surface area contributed by atoms with Crippen LogP contribution in [0, 0.1) is 0 Å². The molecule has 0 saturated carbocycles. The van der Waals surface area contributed by atoms with Crippen LogP contribution in [0.4, 0.5) is 14.4 Å². The molecular formula is C36H45N3O8. The van der Waals surface area contributed by atoms with Gasteiger partial charge in [-0.3, -0.25) is 4.79 Å². The summed E-state index contributed by atoms with van der Waals surface area (Å²) in [6.07, 6.45) is 0.120. The van der Waals surface area contributed by atoms with Crippen molar-refractivity contribution in [1.29, 1.82) is 0 Å². The maximum Gasteiger partial charge on any atom is 0.410 e. The Labute approximate surface area is 276 Å². The van der Waals surface area contributed by atoms with E-state index in [-0.39, 0.29) is 39.4 Å². The number of carbonyl (C=O) groups excluding carboxylic acids is 4. The molecule has 0 heterocycles. The number of esters is 1. The van der Waals surface area contributed by atoms with Crippen LogP contribution in [0.15, 0.2) is 91.0 Å². The standard InChI is InChI=1S/C36H45N3O8/c1-2-44-33(40)21-26-39(36(43)47-29-32-19-10-5-11-20-32)24-13-12-23-38(35(42)46-28-31-17-8-4-9-18-31)25-14-22-37-34(41)45-27-30-15-6-3-7-16-30/h3-11,15-20H,2,12-14,21-29H2,1H3,(H,37,41). The molecule has 0 aliphatic carbocycles. The van der Waals surface area contributed by atoms with E-state index in [9.17, 15) is 19.2 Å². The van der Waals surface area contributed by atoms with Crippen LogP contribution < -0.4 is 5.32 Å². The topological polar surface area (TPSA) is 124 Å². The molecule has 3 aromatic carbocycles. The van der Waals surface area contributed by atoms with Gasteiger partial charge in [0.15, 0.2) is 0 Å². The third-order valence-electron chi connectivity index (χ3n) is 7.01. The molecular weight excluding hydrogens is 602 g/mol. The lowest BCUT2D eigenvalue weighted by molar-refractivity contribution is -0.143. The molecule has 11 heteroatoms. The van der Waals surface area contributed by atoms with E-state index in [2.05, 4.69) is 5.32 Å². The van der Waals surface area contributed by atoms with Crippen molar-refractivity contribution in [3.63, 3.8) is 0 Å². The second-order valence-corrected chi connectivity index (χ2v) is 10.7. The highest BCUT2D eigenvalue weighted by Crippen LogP contribution is 2.09. The Balaban J connectivity index is 1.49. The van der Waals surface area contributed by atoms with Gasteiger partial charge < -0.3 is 34.1 Å². The second-order valence-electron chi connectivity index (χ2n) is 10.7. The number of benzene rings is 3. The van der Waals surface area contributed by atoms with E-state index in [1.807, 2.05) is 91.0 Å². The molecule has 0 aliphatic heterocycles. The highest BCUT2D eigenvalue weighted by atomic mass is 16.6. The van der Waals surface area contributed by atoms with Crippen LogP contribution in [0.3, 0.4) is 0 Å². The Bertz CT molecular complexity index is 1340. The number of carbonyl (C=O) groups is 4. The first-order chi connectivity index (χ1) is 22.9. The first kappa shape index (κ1) is 36.4. The smallest absolute Gasteiger partial charge is 0.410 e. The van der Waals surface area contributed by atoms with Crippen LogP contribution in [-0.4, -0.2) is 73.4 Å². The summed E-state index contributed by atoms with van der Waals surface area (Å²) in [6.45, 7) is 3.92. The quantitative estimate of drug-likeness (QED) is 0.0912. The molecule has 3 aromatic rings. The maximum absolute atomic E-state index is 13.1. The third-order valence-corrected chi connectivity index (χ3v) is 7.01. The minimum absolute atomic E-state index is 0.0486. The largest absolute Gasteiger partial charge is 0.466 e. The number of unbranched alkanes of at least 4 members (excludes halogenated alkanes) is 1. The van der Waals surface area contributed by atoms with Crippen LogP contribution in [-0.2, 0) is 43.6 Å². The van der Waals surface area contributed by atoms with E-state index in [1.54, 1.807) is 11.8 Å². The van der Waals surface area contributed by atoms with Gasteiger partial charge in [-0.15, -0.1) is 0 Å². The van der Waals surface area contributed by atoms with Gasteiger partial charge in [-0.05, 0) is 42.9 Å². The predicted molar refractivity (Wildman–Crippen MR) is 176 cm³/mol. The van der Waals surface area contributed by atoms with Gasteiger partial charge >= 0.3 is 24.2 Å². The fraction of sp³-hybridized carbons (Fsp3) is 0.389. The predicted octanol–water partition coefficient (Wildman–Crippen LogP) is 6.31. The van der Waals surface area contributed by atoms with Gasteiger partial charge in [0, 0.05) is 32.7 Å². The zero-order chi connectivity index (χ0) is 33.5. The molecule has 0 spiro atoms. The van der Waals surface area contributed by atoms with E-state index in [1.165, 1.54) is 4.90 Å². The first-order valence-electron chi connectivity index (χ1n) is 16.0. The summed E-state index contributed by atoms with van der Waals surface area (Å²) in [6, 6.07) is 28.1. The Morgan fingerprint density at radius 2 is 0.979 bits per heavy atom. The van der Waals surface area contributed by atoms with Gasteiger partial charge in [0.1, 0.15) is 19.8 Å². The molecule has 3 amide bonds. The van der Waals surface area contributed by atoms with E-state index >= 15 is 0 Å². The fourth-order valence-corrected chi connectivity index (χ4v) is 4.51. The number of ether oxygens (including phenoxy) is 4. The van der Waals surface area contributed by atoms with Gasteiger partial charge in [0.2, 0.25) is 0 Å². The minimum atomic E-state index is -0.533. The Morgan fingerprint density at radius 1 is 0.553 bits per heavy atom. The maximum atomic E-state index is 13.1. The highest BCUT2D eigenvalue weighted by molar-refractivity contribution is 5.72. The van der Waals surface area contributed by atoms with Crippen molar-refractivity contribution in [2.45, 2.75) is 52.4 Å². The van der Waals surface area contributed by atoms with Crippen LogP contribution in [0.5, 0.6) is 0 Å². The normalized spacial score (nSPS) is 10.4. The van der Waals surface area contributed by atoms with Crippen LogP contribution in [0.25, 0.3) is 0 Å². The van der Waals surface area contributed by atoms with E-state index in [0.717, 1.165) is 16.7 Å². The number of alkyl carbamates (subject to hydrolysis) is 1. The average Bonchev–Trinajstić information content (AvgIpc) is 3.10. The van der Waals surface area contributed by atoms with Crippen molar-refractivity contribution in [3.05, 3.63) is 108 Å². The molecule has 252 valence electrons. The Hall–Kier alpha value is -5.06. The molecule has 0 fully saturated rings. The molecule has 11 nitrogen and oxygen atoms in total. The van der Waals surface area contributed by atoms with Gasteiger partial charge in [0.05, 0.1) is 13.0 Å². The molecule has 3 rings (SSSR count). The van der Waals surface area contributed by atoms with Crippen LogP contribution in [0.1, 0.15) is 49.3 Å². The summed E-state index contributed by atoms with van der Waals surface area (Å²) in [5.41, 5.74) is 2.61. The van der Waals surface area contributed by atoms with Crippen molar-refractivity contribution in [2.75, 3.05) is 39.3 Å². The number of nitrogens with zero attached hydrogens (tertiary/aromatic N) is 2. The third kappa shape index (κ3) is 15.2. The lowest BCUT2D eigenvalue weighted by atomic mass is 10.2. The van der Waals surface area contributed by atoms with Crippen molar-refractivity contribution < 1.29 is 38.1 Å². The number of rotatable bonds is 19. The van der Waals surface area contributed by atoms with Crippen molar-refractivity contribution in [2.24, 2.45) is 0 Å². The van der Waals surface area contributed by atoms with Gasteiger partial charge in [0.25, 0.3) is 0 Å². The lowest BCUT2D eigenvalue weighted by Crippen LogP contribution is -2.37. The SMILES string of the molecule is CCOC(=O)CCN(CCCCN(CCCNC(=O)OCc1ccccc1)C(=O)OCc1ccccc1)C(=O)OCc1ccccc1. The summed E-state index contributed by atoms with van der Waals surface area (Å²) < 4.78 is 21.4. The van der Waals surface area contributed by atoms with Gasteiger partial charge in [-0.1, -0.05) is 91.0 Å². The van der Waals surface area contributed by atoms with E-state index in [4.69, 9.17) is 18.9 Å². The molecule has 0 saturated heterocycles. The number of nitrogens with one attached hydrogen (secondary N) is 1. The van der Waals surface area contributed by atoms with Crippen molar-refractivity contribution >= 4 is 24.2 Å². The highest BCUT2D eigenvalue weighted by Gasteiger charge is 2.19. The fourth-order valence-electron chi connectivity index (χ4n) is 4.51. The summed E-state index contributed by atoms with van der Waals surface area (Å²) in [7, 11) is 0. The number of amides is 3. The Morgan fingerprint density at radius 3 is 1.45 bits per heavy atom. The minimum Gasteiger partial charge on any atom is -0.466 e. The van der Waals surface area contributed by atoms with Crippen molar-refractivity contribution in [1.82, 2.24) is 15.1 Å². The zero-order valence-electron chi connectivity index (χ0n) is 27.0. The van der Waals surface area contributed by atoms with E-state index < -0.39 is 24.2 Å². The molecule has 0 aliphatic rings. The molecule has 0 bridgehead atoms. The second kappa shape index (κ2) is 21.6. The summed E-state index contributed by atoms with van der Waals surface area (Å²) in [5.74, 6) is -0.391. The molecule has 0 aromatic heterocycles. The van der Waals surface area contributed by atoms with E-state index in [0.29, 0.717) is 45.4 Å². The molecule has 0 radical (unpaired) electrons. The summed E-state index contributed by atoms with van der Waals surface area (Å²) in [4.78, 5) is 53.2. The summed E-state index contributed by atoms with van der Waals surface area (Å²) in [5, 5.41) is 2.72. The molecule has 0 unspecified atom stereocenters. The van der Waals surface area contributed by atoms with Crippen LogP contribution >= 0.6 is 0 Å². The Kier molecular flexibility index (Phi) is 16.8. The van der Waals surface area contributed by atoms with Crippen LogP contribution in [0.2, 0.25) is 0 Å². The summed E-state index contributed by atoms with van der Waals surface area (Å²) >= 11 is 0.